The second-order valence-electron chi connectivity index (χ2n) is 11.8. The van der Waals surface area contributed by atoms with Crippen LogP contribution in [-0.2, 0) is 27.9 Å². The summed E-state index contributed by atoms with van der Waals surface area (Å²) >= 11 is 0. The van der Waals surface area contributed by atoms with Gasteiger partial charge in [0.1, 0.15) is 11.7 Å². The van der Waals surface area contributed by atoms with Crippen molar-refractivity contribution in [2.75, 3.05) is 34.4 Å². The molecule has 0 radical (unpaired) electrons. The predicted molar refractivity (Wildman–Crippen MR) is 134 cm³/mol. The van der Waals surface area contributed by atoms with E-state index in [4.69, 9.17) is 18.9 Å². The molecule has 8 rings (SSSR count). The monoisotopic (exact) mass is 475 g/mol. The van der Waals surface area contributed by atoms with Crippen LogP contribution in [0.2, 0.25) is 0 Å². The Morgan fingerprint density at radius 1 is 1.11 bits per heavy atom. The standard InChI is InChI=1S/C30H37NO4/c1-19-6-5-7-20(14-19)17-34-18-22-16-28-10-11-30(22,33-4)27-29(28)12-13-31(2)24(28)15-21-8-9-23(32-3)26(35-27)25(21)29/h5-9,14,22,24,27H,10-13,15-18H2,1-4H3/t22-,24-,27-,28?,29?,30-/m1/s1. The van der Waals surface area contributed by atoms with E-state index in [0.29, 0.717) is 25.2 Å². The number of likely N-dealkylation sites (N-methyl/N-ethyl adjacent to an activating group) is 1. The zero-order valence-corrected chi connectivity index (χ0v) is 21.4. The van der Waals surface area contributed by atoms with Crippen molar-refractivity contribution in [2.24, 2.45) is 11.3 Å². The zero-order valence-electron chi connectivity index (χ0n) is 21.4. The Kier molecular flexibility index (Phi) is 4.73. The number of fused-ring (bicyclic) bond motifs is 2. The van der Waals surface area contributed by atoms with E-state index in [1.165, 1.54) is 28.7 Å². The molecule has 5 heteroatoms. The second kappa shape index (κ2) is 7.47. The number of hydrogen-bond acceptors (Lipinski definition) is 5. The number of benzene rings is 2. The minimum absolute atomic E-state index is 0.00291. The molecule has 4 bridgehead atoms. The van der Waals surface area contributed by atoms with E-state index in [-0.39, 0.29) is 22.5 Å². The summed E-state index contributed by atoms with van der Waals surface area (Å²) in [5, 5.41) is 0. The van der Waals surface area contributed by atoms with Crippen LogP contribution >= 0.6 is 0 Å². The van der Waals surface area contributed by atoms with E-state index in [0.717, 1.165) is 43.7 Å². The van der Waals surface area contributed by atoms with Gasteiger partial charge in [0, 0.05) is 35.5 Å². The highest BCUT2D eigenvalue weighted by atomic mass is 16.6. The maximum Gasteiger partial charge on any atom is 0.165 e. The van der Waals surface area contributed by atoms with Crippen molar-refractivity contribution in [1.82, 2.24) is 4.90 Å². The van der Waals surface area contributed by atoms with Crippen molar-refractivity contribution in [2.45, 2.75) is 68.8 Å². The Morgan fingerprint density at radius 3 is 2.80 bits per heavy atom. The Bertz CT molecular complexity index is 1180. The lowest BCUT2D eigenvalue weighted by molar-refractivity contribution is -0.282. The summed E-state index contributed by atoms with van der Waals surface area (Å²) in [4.78, 5) is 2.64. The highest BCUT2D eigenvalue weighted by Crippen LogP contribution is 2.76. The fourth-order valence-electron chi connectivity index (χ4n) is 9.30. The molecule has 2 heterocycles. The number of methoxy groups -OCH3 is 2. The molecule has 0 aromatic heterocycles. The fourth-order valence-corrected chi connectivity index (χ4v) is 9.30. The number of aryl methyl sites for hydroxylation is 1. The average molecular weight is 476 g/mol. The first-order valence-corrected chi connectivity index (χ1v) is 13.2. The van der Waals surface area contributed by atoms with Gasteiger partial charge in [-0.25, -0.2) is 0 Å². The molecule has 2 aromatic rings. The van der Waals surface area contributed by atoms with Crippen molar-refractivity contribution in [3.63, 3.8) is 0 Å². The van der Waals surface area contributed by atoms with E-state index in [1.807, 2.05) is 7.11 Å². The molecule has 1 saturated heterocycles. The summed E-state index contributed by atoms with van der Waals surface area (Å²) in [5.41, 5.74) is 5.27. The highest BCUT2D eigenvalue weighted by molar-refractivity contribution is 5.63. The smallest absolute Gasteiger partial charge is 0.165 e. The van der Waals surface area contributed by atoms with Gasteiger partial charge in [-0.15, -0.1) is 0 Å². The third kappa shape index (κ3) is 2.60. The minimum Gasteiger partial charge on any atom is -0.493 e. The van der Waals surface area contributed by atoms with Crippen LogP contribution in [0.3, 0.4) is 0 Å². The molecule has 5 nitrogen and oxygen atoms in total. The zero-order chi connectivity index (χ0) is 24.0. The largest absolute Gasteiger partial charge is 0.493 e. The van der Waals surface area contributed by atoms with Gasteiger partial charge in [-0.05, 0) is 69.8 Å². The summed E-state index contributed by atoms with van der Waals surface area (Å²) < 4.78 is 25.9. The normalized spacial score (nSPS) is 38.2. The van der Waals surface area contributed by atoms with Gasteiger partial charge in [0.2, 0.25) is 0 Å². The van der Waals surface area contributed by atoms with Crippen LogP contribution in [-0.4, -0.2) is 57.1 Å². The molecule has 0 amide bonds. The molecule has 2 aliphatic heterocycles. The van der Waals surface area contributed by atoms with Crippen LogP contribution in [0.4, 0.5) is 0 Å². The number of rotatable bonds is 6. The van der Waals surface area contributed by atoms with Gasteiger partial charge >= 0.3 is 0 Å². The number of piperidine rings is 1. The van der Waals surface area contributed by atoms with Gasteiger partial charge in [-0.3, -0.25) is 0 Å². The Labute approximate surface area is 208 Å². The molecule has 35 heavy (non-hydrogen) atoms. The number of likely N-dealkylation sites (tertiary alicyclic amines) is 1. The van der Waals surface area contributed by atoms with Gasteiger partial charge < -0.3 is 23.8 Å². The quantitative estimate of drug-likeness (QED) is 0.608. The van der Waals surface area contributed by atoms with E-state index < -0.39 is 0 Å². The molecule has 3 saturated carbocycles. The molecular weight excluding hydrogens is 438 g/mol. The van der Waals surface area contributed by atoms with E-state index >= 15 is 0 Å². The summed E-state index contributed by atoms with van der Waals surface area (Å²) in [6.07, 6.45) is 5.60. The molecule has 2 unspecified atom stereocenters. The Balaban J connectivity index is 1.31. The molecule has 6 atom stereocenters. The van der Waals surface area contributed by atoms with Gasteiger partial charge in [0.05, 0.1) is 20.3 Å². The number of ether oxygens (including phenoxy) is 4. The van der Waals surface area contributed by atoms with Gasteiger partial charge in [-0.1, -0.05) is 35.9 Å². The summed E-state index contributed by atoms with van der Waals surface area (Å²) in [5.74, 6) is 2.17. The molecule has 4 fully saturated rings. The third-order valence-corrected chi connectivity index (χ3v) is 10.6. The summed E-state index contributed by atoms with van der Waals surface area (Å²) in [6, 6.07) is 13.6. The van der Waals surface area contributed by atoms with Crippen LogP contribution in [0.25, 0.3) is 0 Å². The SMILES string of the molecule is COc1ccc2c3c1O[C@@H]1C34CCN(C)[C@H](C2)C42CC[C@@]1(OC)[C@@H](COCc1cccc(C)c1)C2. The summed E-state index contributed by atoms with van der Waals surface area (Å²) in [7, 11) is 6.00. The lowest BCUT2D eigenvalue weighted by Gasteiger charge is -2.73. The molecule has 186 valence electrons. The van der Waals surface area contributed by atoms with Crippen LogP contribution in [0, 0.1) is 18.3 Å². The Hall–Kier alpha value is -2.08. The van der Waals surface area contributed by atoms with Crippen molar-refractivity contribution >= 4 is 0 Å². The topological polar surface area (TPSA) is 40.2 Å². The van der Waals surface area contributed by atoms with Crippen molar-refractivity contribution in [1.29, 1.82) is 0 Å². The maximum atomic E-state index is 7.05. The van der Waals surface area contributed by atoms with Gasteiger partial charge in [-0.2, -0.15) is 0 Å². The Morgan fingerprint density at radius 2 is 2.00 bits per heavy atom. The fraction of sp³-hybridized carbons (Fsp3) is 0.600. The highest BCUT2D eigenvalue weighted by Gasteiger charge is 2.80. The summed E-state index contributed by atoms with van der Waals surface area (Å²) in [6.45, 7) is 4.59. The first kappa shape index (κ1) is 22.1. The van der Waals surface area contributed by atoms with Crippen molar-refractivity contribution < 1.29 is 18.9 Å². The maximum absolute atomic E-state index is 7.05. The average Bonchev–Trinajstić information content (AvgIpc) is 3.23. The van der Waals surface area contributed by atoms with Crippen LogP contribution in [0.5, 0.6) is 11.5 Å². The number of hydrogen-bond donors (Lipinski definition) is 0. The van der Waals surface area contributed by atoms with E-state index in [9.17, 15) is 0 Å². The van der Waals surface area contributed by atoms with Crippen LogP contribution < -0.4 is 9.47 Å². The first-order valence-electron chi connectivity index (χ1n) is 13.2. The molecule has 0 N–H and O–H groups in total. The second-order valence-corrected chi connectivity index (χ2v) is 11.8. The van der Waals surface area contributed by atoms with E-state index in [1.54, 1.807) is 7.11 Å². The van der Waals surface area contributed by atoms with E-state index in [2.05, 4.69) is 55.3 Å². The number of nitrogens with zero attached hydrogens (tertiary/aromatic N) is 1. The molecular formula is C30H37NO4. The van der Waals surface area contributed by atoms with Crippen molar-refractivity contribution in [3.05, 3.63) is 58.7 Å². The lowest BCUT2D eigenvalue weighted by Crippen LogP contribution is -2.81. The van der Waals surface area contributed by atoms with Gasteiger partial charge in [0.15, 0.2) is 11.5 Å². The minimum atomic E-state index is -0.340. The molecule has 2 aromatic carbocycles. The van der Waals surface area contributed by atoms with Gasteiger partial charge in [0.25, 0.3) is 0 Å². The van der Waals surface area contributed by atoms with Crippen molar-refractivity contribution in [3.8, 4) is 11.5 Å². The molecule has 2 spiro atoms. The van der Waals surface area contributed by atoms with Crippen LogP contribution in [0.1, 0.15) is 47.9 Å². The predicted octanol–water partition coefficient (Wildman–Crippen LogP) is 4.66. The molecule has 4 aliphatic carbocycles. The lowest BCUT2D eigenvalue weighted by atomic mass is 9.35. The third-order valence-electron chi connectivity index (χ3n) is 10.6. The molecule has 6 aliphatic rings. The first-order chi connectivity index (χ1) is 17.0. The van der Waals surface area contributed by atoms with Crippen LogP contribution in [0.15, 0.2) is 36.4 Å².